The van der Waals surface area contributed by atoms with Crippen LogP contribution in [-0.4, -0.2) is 14.7 Å². The van der Waals surface area contributed by atoms with Crippen LogP contribution in [0.25, 0.3) is 0 Å². The molecule has 0 aromatic carbocycles. The van der Waals surface area contributed by atoms with Crippen LogP contribution in [0.2, 0.25) is 0 Å². The third-order valence-corrected chi connectivity index (χ3v) is 2.80. The molecule has 0 saturated heterocycles. The fourth-order valence-electron chi connectivity index (χ4n) is 1.94. The van der Waals surface area contributed by atoms with Crippen molar-refractivity contribution >= 4 is 0 Å². The Morgan fingerprint density at radius 1 is 1.44 bits per heavy atom. The highest BCUT2D eigenvalue weighted by molar-refractivity contribution is 5.09. The molecule has 0 unspecified atom stereocenters. The third kappa shape index (κ3) is 2.24. The van der Waals surface area contributed by atoms with Gasteiger partial charge in [-0.2, -0.15) is 0 Å². The van der Waals surface area contributed by atoms with E-state index in [4.69, 9.17) is 0 Å². The van der Waals surface area contributed by atoms with Gasteiger partial charge >= 0.3 is 5.69 Å². The summed E-state index contributed by atoms with van der Waals surface area (Å²) in [5.74, 6) is -0.271. The molecule has 0 aliphatic heterocycles. The van der Waals surface area contributed by atoms with Gasteiger partial charge in [0.05, 0.1) is 6.07 Å². The van der Waals surface area contributed by atoms with Crippen LogP contribution in [0.3, 0.4) is 0 Å². The smallest absolute Gasteiger partial charge is 0.331 e. The van der Waals surface area contributed by atoms with Crippen molar-refractivity contribution in [1.29, 1.82) is 0 Å². The van der Waals surface area contributed by atoms with Crippen LogP contribution in [0.1, 0.15) is 25.7 Å². The molecule has 16 heavy (non-hydrogen) atoms. The maximum absolute atomic E-state index is 11.4. The maximum atomic E-state index is 11.4. The first-order valence-electron chi connectivity index (χ1n) is 5.38. The van der Waals surface area contributed by atoms with E-state index in [1.54, 1.807) is 0 Å². The lowest BCUT2D eigenvalue weighted by Crippen LogP contribution is -2.29. The van der Waals surface area contributed by atoms with Gasteiger partial charge in [-0.3, -0.25) is 14.3 Å². The molecule has 1 aromatic heterocycles. The predicted octanol–water partition coefficient (Wildman–Crippen LogP) is 0.743. The van der Waals surface area contributed by atoms with E-state index in [2.05, 4.69) is 11.1 Å². The fraction of sp³-hybridized carbons (Fsp3) is 0.455. The monoisotopic (exact) mass is 222 g/mol. The van der Waals surface area contributed by atoms with Crippen molar-refractivity contribution in [3.63, 3.8) is 0 Å². The van der Waals surface area contributed by atoms with Crippen LogP contribution in [0.4, 0.5) is 0 Å². The quantitative estimate of drug-likeness (QED) is 0.741. The van der Waals surface area contributed by atoms with Crippen molar-refractivity contribution in [2.45, 2.75) is 32.2 Å². The number of nitrogens with one attached hydrogen (secondary N) is 1. The first kappa shape index (κ1) is 10.7. The average molecular weight is 222 g/mol. The summed E-state index contributed by atoms with van der Waals surface area (Å²) in [4.78, 5) is 24.4. The summed E-state index contributed by atoms with van der Waals surface area (Å²) in [5, 5.41) is 9.47. The van der Waals surface area contributed by atoms with Gasteiger partial charge in [0, 0.05) is 6.54 Å². The highest BCUT2D eigenvalue weighted by Gasteiger charge is 2.08. The van der Waals surface area contributed by atoms with Crippen molar-refractivity contribution in [3.8, 4) is 5.88 Å². The molecular weight excluding hydrogens is 208 g/mol. The number of aromatic hydroxyl groups is 1. The lowest BCUT2D eigenvalue weighted by atomic mass is 10.2. The van der Waals surface area contributed by atoms with E-state index in [-0.39, 0.29) is 5.88 Å². The molecule has 0 bridgehead atoms. The second-order valence-electron chi connectivity index (χ2n) is 3.95. The van der Waals surface area contributed by atoms with Gasteiger partial charge in [0.25, 0.3) is 5.56 Å². The van der Waals surface area contributed by atoms with E-state index >= 15 is 0 Å². The summed E-state index contributed by atoms with van der Waals surface area (Å²) < 4.78 is 1.18. The van der Waals surface area contributed by atoms with Crippen molar-refractivity contribution in [1.82, 2.24) is 9.55 Å². The molecule has 0 atom stereocenters. The van der Waals surface area contributed by atoms with Crippen LogP contribution in [-0.2, 0) is 6.54 Å². The lowest BCUT2D eigenvalue weighted by Gasteiger charge is -2.07. The molecule has 0 saturated carbocycles. The lowest BCUT2D eigenvalue weighted by molar-refractivity contribution is 0.400. The number of aromatic nitrogens is 2. The molecule has 2 rings (SSSR count). The number of H-pyrrole nitrogens is 1. The zero-order valence-electron chi connectivity index (χ0n) is 8.90. The Balaban J connectivity index is 2.15. The molecule has 86 valence electrons. The Kier molecular flexibility index (Phi) is 2.94. The number of nitrogens with zero attached hydrogens (tertiary/aromatic N) is 1. The van der Waals surface area contributed by atoms with Gasteiger partial charge in [0.15, 0.2) is 0 Å². The third-order valence-electron chi connectivity index (χ3n) is 2.80. The second-order valence-corrected chi connectivity index (χ2v) is 3.95. The van der Waals surface area contributed by atoms with Crippen LogP contribution >= 0.6 is 0 Å². The summed E-state index contributed by atoms with van der Waals surface area (Å²) in [5.41, 5.74) is 0.194. The van der Waals surface area contributed by atoms with E-state index < -0.39 is 11.2 Å². The molecule has 0 radical (unpaired) electrons. The number of rotatable bonds is 3. The van der Waals surface area contributed by atoms with Gasteiger partial charge in [-0.15, -0.1) is 0 Å². The van der Waals surface area contributed by atoms with Gasteiger partial charge in [-0.05, 0) is 25.7 Å². The van der Waals surface area contributed by atoms with Gasteiger partial charge in [-0.1, -0.05) is 11.6 Å². The van der Waals surface area contributed by atoms with Crippen molar-refractivity contribution in [2.75, 3.05) is 0 Å². The molecule has 1 aliphatic carbocycles. The predicted molar refractivity (Wildman–Crippen MR) is 59.5 cm³/mol. The standard InChI is InChI=1S/C11H14N2O3/c14-9-7-10(15)13(11(16)12-9)6-5-8-3-1-2-4-8/h3,7,15H,1-2,4-6H2,(H,12,14,16). The largest absolute Gasteiger partial charge is 0.494 e. The molecule has 0 spiro atoms. The van der Waals surface area contributed by atoms with Gasteiger partial charge in [0.1, 0.15) is 0 Å². The van der Waals surface area contributed by atoms with E-state index in [0.29, 0.717) is 6.54 Å². The van der Waals surface area contributed by atoms with Crippen LogP contribution in [0.15, 0.2) is 27.3 Å². The minimum atomic E-state index is -0.571. The normalized spacial score (nSPS) is 15.1. The summed E-state index contributed by atoms with van der Waals surface area (Å²) >= 11 is 0. The Bertz CT molecular complexity index is 525. The number of hydrogen-bond acceptors (Lipinski definition) is 3. The summed E-state index contributed by atoms with van der Waals surface area (Å²) in [6.07, 6.45) is 6.26. The van der Waals surface area contributed by atoms with E-state index in [9.17, 15) is 14.7 Å². The maximum Gasteiger partial charge on any atom is 0.331 e. The van der Waals surface area contributed by atoms with E-state index in [1.165, 1.54) is 16.6 Å². The first-order valence-corrected chi connectivity index (χ1v) is 5.38. The Morgan fingerprint density at radius 3 is 2.88 bits per heavy atom. The average Bonchev–Trinajstić information content (AvgIpc) is 2.68. The van der Waals surface area contributed by atoms with Gasteiger partial charge in [0.2, 0.25) is 5.88 Å². The molecule has 0 fully saturated rings. The van der Waals surface area contributed by atoms with Gasteiger partial charge in [-0.25, -0.2) is 4.79 Å². The van der Waals surface area contributed by atoms with Crippen LogP contribution in [0, 0.1) is 0 Å². The molecule has 1 aromatic rings. The van der Waals surface area contributed by atoms with Crippen molar-refractivity contribution in [3.05, 3.63) is 38.6 Å². The Hall–Kier alpha value is -1.78. The van der Waals surface area contributed by atoms with Crippen molar-refractivity contribution < 1.29 is 5.11 Å². The molecule has 1 heterocycles. The SMILES string of the molecule is O=c1cc(O)n(CCC2=CCCC2)c(=O)[nH]1. The Morgan fingerprint density at radius 2 is 2.25 bits per heavy atom. The molecule has 0 amide bonds. The molecular formula is C11H14N2O3. The zero-order chi connectivity index (χ0) is 11.5. The summed E-state index contributed by atoms with van der Waals surface area (Å²) in [7, 11) is 0. The molecule has 2 N–H and O–H groups in total. The Labute approximate surface area is 92.1 Å². The highest BCUT2D eigenvalue weighted by atomic mass is 16.3. The number of allylic oxidation sites excluding steroid dienone is 2. The minimum absolute atomic E-state index is 0.271. The van der Waals surface area contributed by atoms with Crippen LogP contribution < -0.4 is 11.2 Å². The van der Waals surface area contributed by atoms with E-state index in [1.807, 2.05) is 0 Å². The first-order chi connectivity index (χ1) is 7.66. The fourth-order valence-corrected chi connectivity index (χ4v) is 1.94. The number of hydrogen-bond donors (Lipinski definition) is 2. The minimum Gasteiger partial charge on any atom is -0.494 e. The summed E-state index contributed by atoms with van der Waals surface area (Å²) in [6.45, 7) is 0.410. The highest BCUT2D eigenvalue weighted by Crippen LogP contribution is 2.21. The molecule has 5 heteroatoms. The molecule has 1 aliphatic rings. The summed E-state index contributed by atoms with van der Waals surface area (Å²) in [6, 6.07) is 1.02. The van der Waals surface area contributed by atoms with Crippen molar-refractivity contribution in [2.24, 2.45) is 0 Å². The van der Waals surface area contributed by atoms with E-state index in [0.717, 1.165) is 25.3 Å². The van der Waals surface area contributed by atoms with Gasteiger partial charge < -0.3 is 5.11 Å². The second kappa shape index (κ2) is 4.38. The zero-order valence-corrected chi connectivity index (χ0v) is 8.90. The number of aromatic amines is 1. The molecule has 5 nitrogen and oxygen atoms in total. The topological polar surface area (TPSA) is 75.1 Å². The van der Waals surface area contributed by atoms with Crippen LogP contribution in [0.5, 0.6) is 5.88 Å².